The number of amides is 2. The number of thiazole rings is 1. The molecule has 1 N–H and O–H groups in total. The molecule has 1 aromatic carbocycles. The number of benzene rings is 1. The SMILES string of the molecule is CC(C)CC(NC(=O)c1ccc(-c2csc(N3CCN(C)CC3)n2)cc1)C(=O)N1CC(C(F)=CF)C2OCC(=O)C21. The number of nitrogens with one attached hydrogen (secondary N) is 1. The van der Waals surface area contributed by atoms with Crippen LogP contribution in [0.2, 0.25) is 0 Å². The van der Waals surface area contributed by atoms with E-state index < -0.39 is 41.7 Å². The quantitative estimate of drug-likeness (QED) is 0.507. The van der Waals surface area contributed by atoms with E-state index >= 15 is 0 Å². The van der Waals surface area contributed by atoms with Gasteiger partial charge in [0, 0.05) is 49.2 Å². The number of rotatable bonds is 8. The molecule has 2 aromatic rings. The second-order valence-electron chi connectivity index (χ2n) is 11.3. The number of anilines is 1. The lowest BCUT2D eigenvalue weighted by molar-refractivity contribution is -0.138. The number of fused-ring (bicyclic) bond motifs is 1. The van der Waals surface area contributed by atoms with E-state index in [0.717, 1.165) is 42.6 Å². The van der Waals surface area contributed by atoms with Gasteiger partial charge in [0.15, 0.2) is 10.9 Å². The van der Waals surface area contributed by atoms with Gasteiger partial charge in [-0.1, -0.05) is 26.0 Å². The molecule has 0 spiro atoms. The molecule has 3 saturated heterocycles. The lowest BCUT2D eigenvalue weighted by Crippen LogP contribution is -2.52. The van der Waals surface area contributed by atoms with E-state index in [-0.39, 0.29) is 31.2 Å². The maximum atomic E-state index is 14.2. The Hall–Kier alpha value is -3.22. The molecule has 2 amide bonds. The smallest absolute Gasteiger partial charge is 0.251 e. The molecule has 0 aliphatic carbocycles. The van der Waals surface area contributed by atoms with Crippen molar-refractivity contribution >= 4 is 34.1 Å². The maximum Gasteiger partial charge on any atom is 0.251 e. The van der Waals surface area contributed by atoms with Crippen molar-refractivity contribution in [2.24, 2.45) is 11.8 Å². The summed E-state index contributed by atoms with van der Waals surface area (Å²) in [4.78, 5) is 50.0. The molecule has 0 saturated carbocycles. The molecule has 1 aromatic heterocycles. The van der Waals surface area contributed by atoms with Crippen LogP contribution >= 0.6 is 11.3 Å². The summed E-state index contributed by atoms with van der Waals surface area (Å²) in [6, 6.07) is 5.08. The first kappa shape index (κ1) is 29.3. The molecule has 4 heterocycles. The summed E-state index contributed by atoms with van der Waals surface area (Å²) in [6.45, 7) is 7.21. The van der Waals surface area contributed by atoms with Gasteiger partial charge in [-0.05, 0) is 31.5 Å². The van der Waals surface area contributed by atoms with Gasteiger partial charge in [0.1, 0.15) is 30.8 Å². The summed E-state index contributed by atoms with van der Waals surface area (Å²) < 4.78 is 32.6. The predicted octanol–water partition coefficient (Wildman–Crippen LogP) is 3.28. The van der Waals surface area contributed by atoms with Gasteiger partial charge in [-0.15, -0.1) is 11.3 Å². The standard InChI is InChI=1S/C29H35F2N5O4S/c1-17(2)12-22(28(39)36-14-20(21(31)13-30)26-25(36)24(37)15-40-26)32-27(38)19-6-4-18(5-7-19)23-16-41-29(33-23)35-10-8-34(3)9-11-35/h4-7,13,16-17,20,22,25-26H,8-12,14-15H2,1-3H3,(H,32,38). The predicted molar refractivity (Wildman–Crippen MR) is 152 cm³/mol. The Balaban J connectivity index is 1.28. The van der Waals surface area contributed by atoms with Crippen LogP contribution < -0.4 is 10.2 Å². The van der Waals surface area contributed by atoms with Gasteiger partial charge in [0.2, 0.25) is 5.91 Å². The minimum Gasteiger partial charge on any atom is -0.367 e. The highest BCUT2D eigenvalue weighted by molar-refractivity contribution is 7.14. The van der Waals surface area contributed by atoms with Crippen molar-refractivity contribution in [1.82, 2.24) is 20.1 Å². The van der Waals surface area contributed by atoms with Crippen LogP contribution in [0.4, 0.5) is 13.9 Å². The number of aromatic nitrogens is 1. The first-order valence-electron chi connectivity index (χ1n) is 13.9. The van der Waals surface area contributed by atoms with E-state index in [9.17, 15) is 23.2 Å². The Bertz CT molecular complexity index is 1310. The highest BCUT2D eigenvalue weighted by Gasteiger charge is 2.54. The fourth-order valence-electron chi connectivity index (χ4n) is 5.67. The first-order valence-corrected chi connectivity index (χ1v) is 14.7. The normalized spacial score (nSPS) is 24.2. The molecular formula is C29H35F2N5O4S. The third-order valence-corrected chi connectivity index (χ3v) is 8.85. The molecule has 3 aliphatic rings. The molecule has 4 atom stereocenters. The van der Waals surface area contributed by atoms with E-state index in [1.54, 1.807) is 23.5 Å². The molecule has 3 aliphatic heterocycles. The average Bonchev–Trinajstić information content (AvgIpc) is 3.69. The van der Waals surface area contributed by atoms with Crippen molar-refractivity contribution in [3.8, 4) is 11.3 Å². The van der Waals surface area contributed by atoms with Crippen molar-refractivity contribution in [1.29, 1.82) is 0 Å². The van der Waals surface area contributed by atoms with E-state index in [1.165, 1.54) is 4.90 Å². The van der Waals surface area contributed by atoms with Crippen LogP contribution in [-0.2, 0) is 14.3 Å². The van der Waals surface area contributed by atoms with Crippen LogP contribution in [0.25, 0.3) is 11.3 Å². The molecule has 3 fully saturated rings. The van der Waals surface area contributed by atoms with Crippen LogP contribution in [0.5, 0.6) is 0 Å². The molecular weight excluding hydrogens is 552 g/mol. The minimum absolute atomic E-state index is 0.0398. The Morgan fingerprint density at radius 2 is 1.90 bits per heavy atom. The molecule has 41 heavy (non-hydrogen) atoms. The zero-order valence-electron chi connectivity index (χ0n) is 23.4. The summed E-state index contributed by atoms with van der Waals surface area (Å²) in [5, 5.41) is 5.80. The van der Waals surface area contributed by atoms with Crippen molar-refractivity contribution in [3.05, 3.63) is 47.4 Å². The second kappa shape index (κ2) is 12.3. The zero-order valence-corrected chi connectivity index (χ0v) is 24.2. The average molecular weight is 588 g/mol. The molecule has 5 rings (SSSR count). The van der Waals surface area contributed by atoms with Crippen molar-refractivity contribution in [2.75, 3.05) is 51.3 Å². The van der Waals surface area contributed by atoms with E-state index in [0.29, 0.717) is 12.0 Å². The molecule has 220 valence electrons. The van der Waals surface area contributed by atoms with Gasteiger partial charge in [-0.25, -0.2) is 13.8 Å². The summed E-state index contributed by atoms with van der Waals surface area (Å²) in [7, 11) is 2.11. The van der Waals surface area contributed by atoms with Crippen LogP contribution in [0.3, 0.4) is 0 Å². The minimum atomic E-state index is -1.06. The van der Waals surface area contributed by atoms with Gasteiger partial charge in [0.25, 0.3) is 5.91 Å². The van der Waals surface area contributed by atoms with Gasteiger partial charge in [-0.3, -0.25) is 14.4 Å². The van der Waals surface area contributed by atoms with Crippen molar-refractivity contribution in [2.45, 2.75) is 38.5 Å². The largest absolute Gasteiger partial charge is 0.367 e. The number of likely N-dealkylation sites (N-methyl/N-ethyl adjacent to an activating group) is 1. The molecule has 0 bridgehead atoms. The third kappa shape index (κ3) is 6.19. The second-order valence-corrected chi connectivity index (χ2v) is 12.2. The highest BCUT2D eigenvalue weighted by Crippen LogP contribution is 2.37. The summed E-state index contributed by atoms with van der Waals surface area (Å²) >= 11 is 1.60. The monoisotopic (exact) mass is 587 g/mol. The fraction of sp³-hybridized carbons (Fsp3) is 0.517. The van der Waals surface area contributed by atoms with Crippen LogP contribution in [0.1, 0.15) is 30.6 Å². The summed E-state index contributed by atoms with van der Waals surface area (Å²) in [5.74, 6) is -3.40. The molecule has 4 unspecified atom stereocenters. The summed E-state index contributed by atoms with van der Waals surface area (Å²) in [6.07, 6.45) is -0.785. The van der Waals surface area contributed by atoms with Crippen LogP contribution in [0, 0.1) is 11.8 Å². The number of nitrogens with zero attached hydrogens (tertiary/aromatic N) is 4. The molecule has 0 radical (unpaired) electrons. The number of carbonyl (C=O) groups is 3. The highest BCUT2D eigenvalue weighted by atomic mass is 32.1. The number of hydrogen-bond donors (Lipinski definition) is 1. The van der Waals surface area contributed by atoms with Gasteiger partial charge < -0.3 is 24.8 Å². The van der Waals surface area contributed by atoms with E-state index in [4.69, 9.17) is 9.72 Å². The van der Waals surface area contributed by atoms with Gasteiger partial charge in [0.05, 0.1) is 17.7 Å². The number of likely N-dealkylation sites (tertiary alicyclic amines) is 1. The zero-order chi connectivity index (χ0) is 29.3. The third-order valence-electron chi connectivity index (χ3n) is 7.95. The van der Waals surface area contributed by atoms with Crippen molar-refractivity contribution in [3.63, 3.8) is 0 Å². The number of halogens is 2. The van der Waals surface area contributed by atoms with Gasteiger partial charge in [-0.2, -0.15) is 0 Å². The Morgan fingerprint density at radius 1 is 1.20 bits per heavy atom. The summed E-state index contributed by atoms with van der Waals surface area (Å²) in [5.41, 5.74) is 2.08. The molecule has 9 nitrogen and oxygen atoms in total. The maximum absolute atomic E-state index is 14.2. The number of ketones is 1. The topological polar surface area (TPSA) is 95.1 Å². The number of piperazine rings is 1. The number of carbonyl (C=O) groups excluding carboxylic acids is 3. The lowest BCUT2D eigenvalue weighted by atomic mass is 10.00. The first-order chi connectivity index (χ1) is 19.7. The molecule has 12 heteroatoms. The van der Waals surface area contributed by atoms with E-state index in [2.05, 4.69) is 22.2 Å². The Kier molecular flexibility index (Phi) is 8.81. The number of hydrogen-bond acceptors (Lipinski definition) is 8. The van der Waals surface area contributed by atoms with Crippen LogP contribution in [-0.4, -0.2) is 96.9 Å². The number of Topliss-reactive ketones (excluding diaryl/α,β-unsaturated/α-hetero) is 1. The lowest BCUT2D eigenvalue weighted by Gasteiger charge is -2.32. The van der Waals surface area contributed by atoms with Crippen molar-refractivity contribution < 1.29 is 27.9 Å². The Morgan fingerprint density at radius 3 is 2.56 bits per heavy atom. The fourth-order valence-corrected chi connectivity index (χ4v) is 6.56. The van der Waals surface area contributed by atoms with E-state index in [1.807, 2.05) is 31.4 Å². The Labute approximate surface area is 242 Å². The number of ether oxygens (including phenoxy) is 1. The van der Waals surface area contributed by atoms with Crippen LogP contribution in [0.15, 0.2) is 41.8 Å². The van der Waals surface area contributed by atoms with Gasteiger partial charge >= 0.3 is 0 Å².